The Kier molecular flexibility index (Phi) is 4.75. The Morgan fingerprint density at radius 1 is 1.28 bits per heavy atom. The van der Waals surface area contributed by atoms with Crippen LogP contribution in [0.1, 0.15) is 64.1 Å². The van der Waals surface area contributed by atoms with E-state index in [0.717, 1.165) is 25.3 Å². The van der Waals surface area contributed by atoms with Crippen molar-refractivity contribution >= 4 is 0 Å². The summed E-state index contributed by atoms with van der Waals surface area (Å²) in [7, 11) is 0. The van der Waals surface area contributed by atoms with Crippen molar-refractivity contribution < 1.29 is 0 Å². The topological polar surface area (TPSA) is 42.7 Å². The van der Waals surface area contributed by atoms with E-state index in [1.807, 2.05) is 0 Å². The molecule has 2 heterocycles. The van der Waals surface area contributed by atoms with Crippen LogP contribution in [0, 0.1) is 5.92 Å². The van der Waals surface area contributed by atoms with Crippen LogP contribution in [-0.4, -0.2) is 21.3 Å². The third-order valence-corrected chi connectivity index (χ3v) is 3.75. The molecule has 0 amide bonds. The van der Waals surface area contributed by atoms with E-state index >= 15 is 0 Å². The smallest absolute Gasteiger partial charge is 0.150 e. The summed E-state index contributed by atoms with van der Waals surface area (Å²) in [5, 5.41) is 12.4. The molecule has 102 valence electrons. The minimum Gasteiger partial charge on any atom is -0.312 e. The Morgan fingerprint density at radius 2 is 2.11 bits per heavy atom. The summed E-state index contributed by atoms with van der Waals surface area (Å²) in [6, 6.07) is 0.371. The number of nitrogens with zero attached hydrogens (tertiary/aromatic N) is 3. The van der Waals surface area contributed by atoms with Crippen molar-refractivity contribution in [1.82, 2.24) is 20.1 Å². The molecule has 18 heavy (non-hydrogen) atoms. The highest BCUT2D eigenvalue weighted by molar-refractivity contribution is 5.05. The van der Waals surface area contributed by atoms with Gasteiger partial charge in [-0.05, 0) is 12.3 Å². The van der Waals surface area contributed by atoms with E-state index in [9.17, 15) is 0 Å². The normalized spacial score (nSPS) is 19.2. The molecule has 2 rings (SSSR count). The fraction of sp³-hybridized carbons (Fsp3) is 0.857. The maximum absolute atomic E-state index is 4.41. The van der Waals surface area contributed by atoms with Crippen molar-refractivity contribution in [3.8, 4) is 0 Å². The van der Waals surface area contributed by atoms with E-state index in [1.54, 1.807) is 0 Å². The van der Waals surface area contributed by atoms with Crippen LogP contribution in [0.4, 0.5) is 0 Å². The molecule has 1 aromatic rings. The molecule has 1 atom stereocenters. The second-order valence-electron chi connectivity index (χ2n) is 5.61. The quantitative estimate of drug-likeness (QED) is 0.789. The SMILES string of the molecule is CCCCCCc1nnc2n1CCNC2C(C)C. The summed E-state index contributed by atoms with van der Waals surface area (Å²) in [5.41, 5.74) is 0. The zero-order valence-corrected chi connectivity index (χ0v) is 11.9. The first-order chi connectivity index (χ1) is 8.74. The van der Waals surface area contributed by atoms with Gasteiger partial charge in [-0.1, -0.05) is 40.0 Å². The van der Waals surface area contributed by atoms with Gasteiger partial charge in [0.1, 0.15) is 5.82 Å². The van der Waals surface area contributed by atoms with Crippen LogP contribution in [0.25, 0.3) is 0 Å². The predicted octanol–water partition coefficient (Wildman–Crippen LogP) is 2.70. The molecule has 1 aliphatic heterocycles. The molecular formula is C14H26N4. The van der Waals surface area contributed by atoms with E-state index in [2.05, 4.69) is 40.9 Å². The highest BCUT2D eigenvalue weighted by atomic mass is 15.3. The molecule has 1 unspecified atom stereocenters. The molecule has 0 aliphatic carbocycles. The molecule has 4 nitrogen and oxygen atoms in total. The van der Waals surface area contributed by atoms with Crippen molar-refractivity contribution in [2.24, 2.45) is 5.92 Å². The summed E-state index contributed by atoms with van der Waals surface area (Å²) < 4.78 is 2.34. The summed E-state index contributed by atoms with van der Waals surface area (Å²) in [5.74, 6) is 2.90. The molecule has 1 aromatic heterocycles. The fourth-order valence-corrected chi connectivity index (χ4v) is 2.67. The minimum absolute atomic E-state index is 0.371. The molecule has 0 radical (unpaired) electrons. The van der Waals surface area contributed by atoms with Gasteiger partial charge >= 0.3 is 0 Å². The van der Waals surface area contributed by atoms with Crippen LogP contribution >= 0.6 is 0 Å². The lowest BCUT2D eigenvalue weighted by Crippen LogP contribution is -2.37. The minimum atomic E-state index is 0.371. The van der Waals surface area contributed by atoms with Crippen molar-refractivity contribution in [3.05, 3.63) is 11.6 Å². The Morgan fingerprint density at radius 3 is 2.83 bits per heavy atom. The van der Waals surface area contributed by atoms with Gasteiger partial charge in [-0.3, -0.25) is 0 Å². The first-order valence-electron chi connectivity index (χ1n) is 7.39. The molecule has 0 fully saturated rings. The van der Waals surface area contributed by atoms with Gasteiger partial charge in [0.2, 0.25) is 0 Å². The van der Waals surface area contributed by atoms with Crippen LogP contribution in [0.15, 0.2) is 0 Å². The molecule has 0 saturated heterocycles. The van der Waals surface area contributed by atoms with Gasteiger partial charge in [-0.15, -0.1) is 10.2 Å². The summed E-state index contributed by atoms with van der Waals surface area (Å²) in [6.45, 7) is 8.79. The van der Waals surface area contributed by atoms with Gasteiger partial charge < -0.3 is 9.88 Å². The number of fused-ring (bicyclic) bond motifs is 1. The molecule has 1 N–H and O–H groups in total. The van der Waals surface area contributed by atoms with E-state index in [1.165, 1.54) is 31.5 Å². The first kappa shape index (κ1) is 13.5. The lowest BCUT2D eigenvalue weighted by Gasteiger charge is -2.27. The largest absolute Gasteiger partial charge is 0.312 e. The maximum atomic E-state index is 4.41. The highest BCUT2D eigenvalue weighted by Gasteiger charge is 2.26. The highest BCUT2D eigenvalue weighted by Crippen LogP contribution is 2.24. The lowest BCUT2D eigenvalue weighted by atomic mass is 10.0. The second kappa shape index (κ2) is 6.32. The van der Waals surface area contributed by atoms with Gasteiger partial charge in [0.05, 0.1) is 6.04 Å². The summed E-state index contributed by atoms with van der Waals surface area (Å²) in [4.78, 5) is 0. The van der Waals surface area contributed by atoms with Gasteiger partial charge in [0.25, 0.3) is 0 Å². The van der Waals surface area contributed by atoms with Crippen molar-refractivity contribution in [1.29, 1.82) is 0 Å². The Bertz CT molecular complexity index is 370. The lowest BCUT2D eigenvalue weighted by molar-refractivity contribution is 0.334. The Labute approximate surface area is 110 Å². The molecule has 0 saturated carbocycles. The average molecular weight is 250 g/mol. The first-order valence-corrected chi connectivity index (χ1v) is 7.39. The number of aryl methyl sites for hydroxylation is 1. The van der Waals surface area contributed by atoms with Gasteiger partial charge in [0, 0.05) is 19.5 Å². The van der Waals surface area contributed by atoms with Gasteiger partial charge in [0.15, 0.2) is 5.82 Å². The predicted molar refractivity (Wildman–Crippen MR) is 73.4 cm³/mol. The van der Waals surface area contributed by atoms with E-state index in [-0.39, 0.29) is 0 Å². The maximum Gasteiger partial charge on any atom is 0.150 e. The van der Waals surface area contributed by atoms with Crippen molar-refractivity contribution in [3.63, 3.8) is 0 Å². The van der Waals surface area contributed by atoms with Gasteiger partial charge in [-0.25, -0.2) is 0 Å². The van der Waals surface area contributed by atoms with Crippen LogP contribution in [0.3, 0.4) is 0 Å². The Balaban J connectivity index is 2.01. The summed E-state index contributed by atoms with van der Waals surface area (Å²) >= 11 is 0. The molecule has 0 bridgehead atoms. The number of unbranched alkanes of at least 4 members (excludes halogenated alkanes) is 3. The zero-order chi connectivity index (χ0) is 13.0. The number of hydrogen-bond acceptors (Lipinski definition) is 3. The molecule has 0 aromatic carbocycles. The fourth-order valence-electron chi connectivity index (χ4n) is 2.67. The van der Waals surface area contributed by atoms with Gasteiger partial charge in [-0.2, -0.15) is 0 Å². The van der Waals surface area contributed by atoms with E-state index in [4.69, 9.17) is 0 Å². The number of aromatic nitrogens is 3. The van der Waals surface area contributed by atoms with Crippen LogP contribution in [0.2, 0.25) is 0 Å². The molecule has 1 aliphatic rings. The molecule has 0 spiro atoms. The van der Waals surface area contributed by atoms with E-state index < -0.39 is 0 Å². The number of nitrogens with one attached hydrogen (secondary N) is 1. The number of rotatable bonds is 6. The molecule has 4 heteroatoms. The van der Waals surface area contributed by atoms with E-state index in [0.29, 0.717) is 12.0 Å². The van der Waals surface area contributed by atoms with Crippen LogP contribution in [-0.2, 0) is 13.0 Å². The average Bonchev–Trinajstić information content (AvgIpc) is 2.77. The second-order valence-corrected chi connectivity index (χ2v) is 5.61. The third kappa shape index (κ3) is 2.91. The third-order valence-electron chi connectivity index (χ3n) is 3.75. The van der Waals surface area contributed by atoms with Crippen LogP contribution < -0.4 is 5.32 Å². The van der Waals surface area contributed by atoms with Crippen molar-refractivity contribution in [2.45, 2.75) is 65.5 Å². The summed E-state index contributed by atoms with van der Waals surface area (Å²) in [6.07, 6.45) is 6.25. The monoisotopic (exact) mass is 250 g/mol. The van der Waals surface area contributed by atoms with Crippen molar-refractivity contribution in [2.75, 3.05) is 6.54 Å². The Hall–Kier alpha value is -0.900. The molecular weight excluding hydrogens is 224 g/mol. The standard InChI is InChI=1S/C14H26N4/c1-4-5-6-7-8-12-16-17-14-13(11(2)3)15-9-10-18(12)14/h11,13,15H,4-10H2,1-3H3. The van der Waals surface area contributed by atoms with Crippen LogP contribution in [0.5, 0.6) is 0 Å². The zero-order valence-electron chi connectivity index (χ0n) is 11.9. The number of hydrogen-bond donors (Lipinski definition) is 1.